The first kappa shape index (κ1) is 14.4. The van der Waals surface area contributed by atoms with Gasteiger partial charge < -0.3 is 5.73 Å². The zero-order chi connectivity index (χ0) is 14.0. The van der Waals surface area contributed by atoms with Gasteiger partial charge >= 0.3 is 0 Å². The number of anilines is 1. The minimum Gasteiger partial charge on any atom is -0.399 e. The molecule has 0 aromatic heterocycles. The van der Waals surface area contributed by atoms with Crippen molar-refractivity contribution in [3.05, 3.63) is 57.5 Å². The summed E-state index contributed by atoms with van der Waals surface area (Å²) in [4.78, 5) is 0.253. The molecule has 0 saturated heterocycles. The van der Waals surface area contributed by atoms with E-state index >= 15 is 0 Å². The summed E-state index contributed by atoms with van der Waals surface area (Å²) in [5, 5.41) is 0.357. The number of halogens is 2. The molecular formula is C13H11BrClNO2S. The van der Waals surface area contributed by atoms with Gasteiger partial charge in [0, 0.05) is 15.2 Å². The third kappa shape index (κ3) is 3.29. The lowest BCUT2D eigenvalue weighted by atomic mass is 10.2. The molecule has 2 rings (SSSR count). The van der Waals surface area contributed by atoms with Crippen LogP contribution in [0.4, 0.5) is 5.69 Å². The Bertz CT molecular complexity index is 716. The van der Waals surface area contributed by atoms with Gasteiger partial charge in [-0.2, -0.15) is 0 Å². The lowest BCUT2D eigenvalue weighted by Crippen LogP contribution is -2.06. The Kier molecular flexibility index (Phi) is 4.18. The third-order valence-electron chi connectivity index (χ3n) is 2.59. The average Bonchev–Trinajstić information content (AvgIpc) is 2.33. The van der Waals surface area contributed by atoms with Gasteiger partial charge in [-0.3, -0.25) is 0 Å². The molecule has 2 aromatic rings. The van der Waals surface area contributed by atoms with Crippen LogP contribution in [0.1, 0.15) is 5.56 Å². The van der Waals surface area contributed by atoms with E-state index in [1.807, 2.05) is 0 Å². The predicted octanol–water partition coefficient (Wildman–Crippen LogP) is 3.66. The van der Waals surface area contributed by atoms with E-state index in [1.165, 1.54) is 0 Å². The standard InChI is InChI=1S/C13H11BrClNO2S/c14-11-3-1-2-4-13(11)19(17,18)8-9-5-6-10(16)7-12(9)15/h1-7H,8,16H2. The Morgan fingerprint density at radius 1 is 1.16 bits per heavy atom. The monoisotopic (exact) mass is 359 g/mol. The van der Waals surface area contributed by atoms with Crippen LogP contribution < -0.4 is 5.73 Å². The zero-order valence-electron chi connectivity index (χ0n) is 9.81. The summed E-state index contributed by atoms with van der Waals surface area (Å²) in [6.45, 7) is 0. The van der Waals surface area contributed by atoms with E-state index in [9.17, 15) is 8.42 Å². The Morgan fingerprint density at radius 3 is 2.47 bits per heavy atom. The second kappa shape index (κ2) is 5.53. The van der Waals surface area contributed by atoms with Gasteiger partial charge in [0.25, 0.3) is 0 Å². The molecule has 3 nitrogen and oxygen atoms in total. The van der Waals surface area contributed by atoms with Gasteiger partial charge in [0.2, 0.25) is 0 Å². The fourth-order valence-electron chi connectivity index (χ4n) is 1.66. The van der Waals surface area contributed by atoms with Crippen molar-refractivity contribution >= 4 is 43.1 Å². The molecule has 0 saturated carbocycles. The van der Waals surface area contributed by atoms with Gasteiger partial charge in [0.1, 0.15) is 0 Å². The fraction of sp³-hybridized carbons (Fsp3) is 0.0769. The molecule has 0 aliphatic carbocycles. The maximum Gasteiger partial charge on any atom is 0.183 e. The highest BCUT2D eigenvalue weighted by molar-refractivity contribution is 9.10. The molecule has 0 heterocycles. The van der Waals surface area contributed by atoms with Crippen LogP contribution in [0.2, 0.25) is 5.02 Å². The Hall–Kier alpha value is -1.04. The van der Waals surface area contributed by atoms with Crippen molar-refractivity contribution in [3.8, 4) is 0 Å². The molecule has 19 heavy (non-hydrogen) atoms. The highest BCUT2D eigenvalue weighted by Crippen LogP contribution is 2.27. The van der Waals surface area contributed by atoms with Gasteiger partial charge in [-0.15, -0.1) is 0 Å². The molecular weight excluding hydrogens is 350 g/mol. The lowest BCUT2D eigenvalue weighted by molar-refractivity contribution is 0.595. The summed E-state index contributed by atoms with van der Waals surface area (Å²) in [6.07, 6.45) is 0. The lowest BCUT2D eigenvalue weighted by Gasteiger charge is -2.08. The summed E-state index contributed by atoms with van der Waals surface area (Å²) >= 11 is 9.25. The van der Waals surface area contributed by atoms with Crippen molar-refractivity contribution in [1.29, 1.82) is 0 Å². The molecule has 0 bridgehead atoms. The first-order valence-electron chi connectivity index (χ1n) is 5.41. The second-order valence-corrected chi connectivity index (χ2v) is 7.26. The zero-order valence-corrected chi connectivity index (χ0v) is 13.0. The maximum atomic E-state index is 12.3. The van der Waals surface area contributed by atoms with Crippen LogP contribution in [0.5, 0.6) is 0 Å². The van der Waals surface area contributed by atoms with Crippen LogP contribution >= 0.6 is 27.5 Å². The van der Waals surface area contributed by atoms with E-state index in [1.54, 1.807) is 42.5 Å². The Labute approximate surface area is 125 Å². The minimum absolute atomic E-state index is 0.158. The second-order valence-electron chi connectivity index (χ2n) is 4.04. The topological polar surface area (TPSA) is 60.2 Å². The smallest absolute Gasteiger partial charge is 0.183 e. The van der Waals surface area contributed by atoms with Crippen molar-refractivity contribution in [2.75, 3.05) is 5.73 Å². The summed E-state index contributed by atoms with van der Waals surface area (Å²) < 4.78 is 25.2. The quantitative estimate of drug-likeness (QED) is 0.850. The summed E-state index contributed by atoms with van der Waals surface area (Å²) in [5.41, 5.74) is 6.63. The van der Waals surface area contributed by atoms with Crippen LogP contribution in [0.25, 0.3) is 0 Å². The molecule has 0 amide bonds. The van der Waals surface area contributed by atoms with Crippen LogP contribution in [-0.4, -0.2) is 8.42 Å². The van der Waals surface area contributed by atoms with Crippen molar-refractivity contribution in [1.82, 2.24) is 0 Å². The van der Waals surface area contributed by atoms with E-state index in [-0.39, 0.29) is 10.6 Å². The minimum atomic E-state index is -3.45. The molecule has 0 radical (unpaired) electrons. The first-order chi connectivity index (χ1) is 8.90. The third-order valence-corrected chi connectivity index (χ3v) is 5.62. The molecule has 0 aliphatic rings. The summed E-state index contributed by atoms with van der Waals surface area (Å²) in [5.74, 6) is -0.158. The maximum absolute atomic E-state index is 12.3. The van der Waals surface area contributed by atoms with Gasteiger partial charge in [-0.25, -0.2) is 8.42 Å². The summed E-state index contributed by atoms with van der Waals surface area (Å²) in [7, 11) is -3.45. The number of rotatable bonds is 3. The first-order valence-corrected chi connectivity index (χ1v) is 8.23. The molecule has 2 N–H and O–H groups in total. The molecule has 2 aromatic carbocycles. The number of sulfone groups is 1. The van der Waals surface area contributed by atoms with Gasteiger partial charge in [0.15, 0.2) is 9.84 Å². The predicted molar refractivity (Wildman–Crippen MR) is 80.9 cm³/mol. The van der Waals surface area contributed by atoms with E-state index in [2.05, 4.69) is 15.9 Å². The molecule has 0 spiro atoms. The Morgan fingerprint density at radius 2 is 1.84 bits per heavy atom. The fourth-order valence-corrected chi connectivity index (χ4v) is 4.49. The normalized spacial score (nSPS) is 11.5. The highest BCUT2D eigenvalue weighted by Gasteiger charge is 2.19. The van der Waals surface area contributed by atoms with E-state index in [4.69, 9.17) is 17.3 Å². The van der Waals surface area contributed by atoms with Crippen LogP contribution in [0.15, 0.2) is 51.8 Å². The van der Waals surface area contributed by atoms with Crippen LogP contribution in [-0.2, 0) is 15.6 Å². The van der Waals surface area contributed by atoms with E-state index in [0.717, 1.165) is 0 Å². The van der Waals surface area contributed by atoms with Crippen molar-refractivity contribution < 1.29 is 8.42 Å². The molecule has 6 heteroatoms. The Balaban J connectivity index is 2.40. The molecule has 0 aliphatic heterocycles. The van der Waals surface area contributed by atoms with Gasteiger partial charge in [-0.05, 0) is 45.8 Å². The number of hydrogen-bond acceptors (Lipinski definition) is 3. The van der Waals surface area contributed by atoms with Crippen LogP contribution in [0, 0.1) is 0 Å². The van der Waals surface area contributed by atoms with E-state index < -0.39 is 9.84 Å². The number of hydrogen-bond donors (Lipinski definition) is 1. The SMILES string of the molecule is Nc1ccc(CS(=O)(=O)c2ccccc2Br)c(Cl)c1. The molecule has 0 fully saturated rings. The van der Waals surface area contributed by atoms with Gasteiger partial charge in [-0.1, -0.05) is 29.8 Å². The molecule has 100 valence electrons. The van der Waals surface area contributed by atoms with Crippen LogP contribution in [0.3, 0.4) is 0 Å². The largest absolute Gasteiger partial charge is 0.399 e. The van der Waals surface area contributed by atoms with E-state index in [0.29, 0.717) is 20.7 Å². The molecule has 0 atom stereocenters. The highest BCUT2D eigenvalue weighted by atomic mass is 79.9. The molecule has 0 unspecified atom stereocenters. The van der Waals surface area contributed by atoms with Gasteiger partial charge in [0.05, 0.1) is 10.6 Å². The van der Waals surface area contributed by atoms with Crippen molar-refractivity contribution in [2.24, 2.45) is 0 Å². The number of nitrogen functional groups attached to an aromatic ring is 1. The number of benzene rings is 2. The van der Waals surface area contributed by atoms with Crippen molar-refractivity contribution in [2.45, 2.75) is 10.6 Å². The number of nitrogens with two attached hydrogens (primary N) is 1. The average molecular weight is 361 g/mol. The summed E-state index contributed by atoms with van der Waals surface area (Å²) in [6, 6.07) is 11.5. The van der Waals surface area contributed by atoms with Crippen molar-refractivity contribution in [3.63, 3.8) is 0 Å².